The largest absolute Gasteiger partial charge is 0.454 e. The number of ether oxygens (including phenoxy) is 1. The van der Waals surface area contributed by atoms with Gasteiger partial charge in [-0.15, -0.1) is 0 Å². The predicted octanol–water partition coefficient (Wildman–Crippen LogP) is 1.49. The first-order valence-corrected chi connectivity index (χ1v) is 10.1. The summed E-state index contributed by atoms with van der Waals surface area (Å²) < 4.78 is 31.5. The molecule has 29 heavy (non-hydrogen) atoms. The van der Waals surface area contributed by atoms with E-state index in [0.717, 1.165) is 0 Å². The van der Waals surface area contributed by atoms with Gasteiger partial charge in [0.15, 0.2) is 6.61 Å². The molecule has 0 aliphatic heterocycles. The van der Waals surface area contributed by atoms with Crippen LogP contribution in [0, 0.1) is 0 Å². The molecule has 2 aromatic carbocycles. The van der Waals surface area contributed by atoms with Crippen molar-refractivity contribution in [2.75, 3.05) is 17.2 Å². The molecule has 0 bridgehead atoms. The average Bonchev–Trinajstić information content (AvgIpc) is 2.67. The van der Waals surface area contributed by atoms with Crippen molar-refractivity contribution in [3.05, 3.63) is 54.6 Å². The number of sulfonamides is 1. The van der Waals surface area contributed by atoms with Crippen LogP contribution in [0.3, 0.4) is 0 Å². The summed E-state index contributed by atoms with van der Waals surface area (Å²) in [5.41, 5.74) is 1.01. The van der Waals surface area contributed by atoms with Crippen LogP contribution in [0.15, 0.2) is 59.5 Å². The quantitative estimate of drug-likeness (QED) is 0.556. The number of nitrogens with one attached hydrogen (secondary N) is 3. The van der Waals surface area contributed by atoms with Crippen LogP contribution in [0.2, 0.25) is 0 Å². The minimum Gasteiger partial charge on any atom is -0.454 e. The van der Waals surface area contributed by atoms with Crippen molar-refractivity contribution in [1.29, 1.82) is 0 Å². The predicted molar refractivity (Wildman–Crippen MR) is 107 cm³/mol. The summed E-state index contributed by atoms with van der Waals surface area (Å²) in [4.78, 5) is 34.9. The Morgan fingerprint density at radius 2 is 1.48 bits per heavy atom. The molecule has 2 rings (SSSR count). The minimum atomic E-state index is -3.89. The summed E-state index contributed by atoms with van der Waals surface area (Å²) in [5, 5.41) is 5.11. The molecule has 0 fully saturated rings. The fourth-order valence-electron chi connectivity index (χ4n) is 2.25. The molecule has 9 nitrogen and oxygen atoms in total. The van der Waals surface area contributed by atoms with Crippen LogP contribution in [0.1, 0.15) is 13.8 Å². The van der Waals surface area contributed by atoms with Crippen molar-refractivity contribution < 1.29 is 27.5 Å². The Balaban J connectivity index is 1.83. The van der Waals surface area contributed by atoms with Gasteiger partial charge in [0.25, 0.3) is 5.91 Å². The average molecular weight is 419 g/mol. The molecule has 0 saturated heterocycles. The fourth-order valence-corrected chi connectivity index (χ4v) is 3.46. The summed E-state index contributed by atoms with van der Waals surface area (Å²) in [6, 6.07) is 12.7. The number of carbonyl (C=O) groups is 3. The highest BCUT2D eigenvalue weighted by Crippen LogP contribution is 2.13. The van der Waals surface area contributed by atoms with E-state index in [4.69, 9.17) is 4.74 Å². The Labute approximate surface area is 168 Å². The maximum Gasteiger partial charge on any atom is 0.324 e. The first-order valence-electron chi connectivity index (χ1n) is 8.59. The number of carbonyl (C=O) groups excluding carboxylic acids is 3. The zero-order chi connectivity index (χ0) is 21.4. The molecule has 0 radical (unpaired) electrons. The second-order valence-corrected chi connectivity index (χ2v) is 7.78. The van der Waals surface area contributed by atoms with E-state index in [0.29, 0.717) is 11.4 Å². The third-order valence-corrected chi connectivity index (χ3v) is 5.13. The van der Waals surface area contributed by atoms with Gasteiger partial charge in [0.1, 0.15) is 6.04 Å². The smallest absolute Gasteiger partial charge is 0.324 e. The maximum absolute atomic E-state index is 12.2. The highest BCUT2D eigenvalue weighted by molar-refractivity contribution is 7.89. The second kappa shape index (κ2) is 9.80. The van der Waals surface area contributed by atoms with Gasteiger partial charge in [0.05, 0.1) is 4.90 Å². The van der Waals surface area contributed by atoms with Crippen molar-refractivity contribution in [3.63, 3.8) is 0 Å². The molecule has 0 aromatic heterocycles. The Morgan fingerprint density at radius 1 is 0.931 bits per heavy atom. The lowest BCUT2D eigenvalue weighted by Gasteiger charge is -2.14. The number of hydrogen-bond donors (Lipinski definition) is 3. The van der Waals surface area contributed by atoms with Gasteiger partial charge in [-0.1, -0.05) is 18.2 Å². The van der Waals surface area contributed by atoms with Crippen molar-refractivity contribution in [3.8, 4) is 0 Å². The van der Waals surface area contributed by atoms with Crippen LogP contribution in [0.25, 0.3) is 0 Å². The molecule has 154 valence electrons. The number of benzene rings is 2. The fraction of sp³-hybridized carbons (Fsp3) is 0.211. The molecular formula is C19H21N3O6S. The number of rotatable bonds is 8. The van der Waals surface area contributed by atoms with Gasteiger partial charge in [0.2, 0.25) is 15.9 Å². The lowest BCUT2D eigenvalue weighted by atomic mass is 10.2. The third-order valence-electron chi connectivity index (χ3n) is 3.57. The number of esters is 1. The van der Waals surface area contributed by atoms with Crippen molar-refractivity contribution in [2.24, 2.45) is 0 Å². The van der Waals surface area contributed by atoms with Crippen LogP contribution in [0.4, 0.5) is 11.4 Å². The van der Waals surface area contributed by atoms with Gasteiger partial charge >= 0.3 is 5.97 Å². The number of anilines is 2. The van der Waals surface area contributed by atoms with Crippen molar-refractivity contribution >= 4 is 39.2 Å². The topological polar surface area (TPSA) is 131 Å². The SMILES string of the molecule is CC(=O)Nc1ccc(NC(=O)COC(=O)[C@H](C)NS(=O)(=O)c2ccccc2)cc1. The molecule has 2 amide bonds. The molecule has 1 atom stereocenters. The lowest BCUT2D eigenvalue weighted by molar-refractivity contribution is -0.148. The van der Waals surface area contributed by atoms with E-state index in [1.165, 1.54) is 26.0 Å². The molecule has 3 N–H and O–H groups in total. The van der Waals surface area contributed by atoms with E-state index >= 15 is 0 Å². The van der Waals surface area contributed by atoms with Gasteiger partial charge < -0.3 is 15.4 Å². The molecule has 2 aromatic rings. The Bertz CT molecular complexity index is 975. The third kappa shape index (κ3) is 7.01. The van der Waals surface area contributed by atoms with Crippen LogP contribution in [-0.4, -0.2) is 38.9 Å². The summed E-state index contributed by atoms with van der Waals surface area (Å²) in [5.74, 6) is -1.70. The highest BCUT2D eigenvalue weighted by Gasteiger charge is 2.23. The van der Waals surface area contributed by atoms with Crippen LogP contribution in [0.5, 0.6) is 0 Å². The van der Waals surface area contributed by atoms with Gasteiger partial charge in [0, 0.05) is 18.3 Å². The van der Waals surface area contributed by atoms with Gasteiger partial charge in [-0.05, 0) is 43.3 Å². The summed E-state index contributed by atoms with van der Waals surface area (Å²) >= 11 is 0. The first kappa shape index (κ1) is 22.1. The normalized spacial score (nSPS) is 11.9. The highest BCUT2D eigenvalue weighted by atomic mass is 32.2. The zero-order valence-corrected chi connectivity index (χ0v) is 16.7. The molecule has 0 saturated carbocycles. The van der Waals surface area contributed by atoms with Gasteiger partial charge in [-0.3, -0.25) is 14.4 Å². The van der Waals surface area contributed by atoms with E-state index in [9.17, 15) is 22.8 Å². The molecule has 0 aliphatic rings. The standard InChI is InChI=1S/C19H21N3O6S/c1-13(22-29(26,27)17-6-4-3-5-7-17)19(25)28-12-18(24)21-16-10-8-15(9-11-16)20-14(2)23/h3-11,13,22H,12H2,1-2H3,(H,20,23)(H,21,24)/t13-/m0/s1. The molecule has 0 unspecified atom stereocenters. The van der Waals surface area contributed by atoms with E-state index in [-0.39, 0.29) is 10.8 Å². The Hall–Kier alpha value is -3.24. The Morgan fingerprint density at radius 3 is 2.03 bits per heavy atom. The summed E-state index contributed by atoms with van der Waals surface area (Å²) in [7, 11) is -3.89. The summed E-state index contributed by atoms with van der Waals surface area (Å²) in [6.45, 7) is 2.12. The van der Waals surface area contributed by atoms with Gasteiger partial charge in [-0.2, -0.15) is 4.72 Å². The van der Waals surface area contributed by atoms with Crippen LogP contribution >= 0.6 is 0 Å². The van der Waals surface area contributed by atoms with Crippen LogP contribution in [-0.2, 0) is 29.1 Å². The van der Waals surface area contributed by atoms with Crippen molar-refractivity contribution in [2.45, 2.75) is 24.8 Å². The molecular weight excluding hydrogens is 398 g/mol. The maximum atomic E-state index is 12.2. The molecule has 0 heterocycles. The monoisotopic (exact) mass is 419 g/mol. The second-order valence-electron chi connectivity index (χ2n) is 6.07. The molecule has 0 spiro atoms. The minimum absolute atomic E-state index is 0.0140. The Kier molecular flexibility index (Phi) is 7.46. The lowest BCUT2D eigenvalue weighted by Crippen LogP contribution is -2.40. The number of hydrogen-bond acceptors (Lipinski definition) is 6. The van der Waals surface area contributed by atoms with Crippen LogP contribution < -0.4 is 15.4 Å². The van der Waals surface area contributed by atoms with Gasteiger partial charge in [-0.25, -0.2) is 8.42 Å². The zero-order valence-electron chi connectivity index (χ0n) is 15.8. The van der Waals surface area contributed by atoms with E-state index in [2.05, 4.69) is 15.4 Å². The number of amides is 2. The van der Waals surface area contributed by atoms with E-state index in [1.807, 2.05) is 0 Å². The van der Waals surface area contributed by atoms with E-state index in [1.54, 1.807) is 42.5 Å². The molecule has 10 heteroatoms. The summed E-state index contributed by atoms with van der Waals surface area (Å²) in [6.07, 6.45) is 0. The first-order chi connectivity index (χ1) is 13.7. The molecule has 0 aliphatic carbocycles. The van der Waals surface area contributed by atoms with Crippen molar-refractivity contribution in [1.82, 2.24) is 4.72 Å². The van der Waals surface area contributed by atoms with E-state index < -0.39 is 34.5 Å².